The molecule has 0 aliphatic heterocycles. The van der Waals surface area contributed by atoms with Gasteiger partial charge < -0.3 is 25.5 Å². The van der Waals surface area contributed by atoms with Gasteiger partial charge in [0.25, 0.3) is 0 Å². The molecule has 12 unspecified atom stereocenters. The van der Waals surface area contributed by atoms with Crippen molar-refractivity contribution in [3.63, 3.8) is 0 Å². The molecule has 0 radical (unpaired) electrons. The molecule has 35 heavy (non-hydrogen) atoms. The van der Waals surface area contributed by atoms with Crippen LogP contribution in [0.15, 0.2) is 11.6 Å². The number of hydrogen-bond acceptors (Lipinski definition) is 5. The van der Waals surface area contributed by atoms with E-state index in [4.69, 9.17) is 0 Å². The van der Waals surface area contributed by atoms with E-state index in [0.717, 1.165) is 25.7 Å². The molecule has 0 saturated heterocycles. The zero-order valence-corrected chi connectivity index (χ0v) is 23.0. The van der Waals surface area contributed by atoms with Crippen molar-refractivity contribution in [3.05, 3.63) is 11.6 Å². The fourth-order valence-corrected chi connectivity index (χ4v) is 10.8. The van der Waals surface area contributed by atoms with Gasteiger partial charge in [-0.25, -0.2) is 0 Å². The number of hydrogen-bond donors (Lipinski definition) is 5. The fraction of sp³-hybridized carbons (Fsp3) is 0.933. The highest BCUT2D eigenvalue weighted by molar-refractivity contribution is 5.37. The summed E-state index contributed by atoms with van der Waals surface area (Å²) in [5.74, 6) is 0.328. The smallest absolute Gasteiger partial charge is 0.0643 e. The van der Waals surface area contributed by atoms with Gasteiger partial charge in [-0.1, -0.05) is 60.1 Å². The number of rotatable bonds is 1. The maximum atomic E-state index is 12.0. The van der Waals surface area contributed by atoms with Crippen LogP contribution in [-0.4, -0.2) is 56.6 Å². The van der Waals surface area contributed by atoms with Gasteiger partial charge in [-0.2, -0.15) is 0 Å². The van der Waals surface area contributed by atoms with Gasteiger partial charge >= 0.3 is 0 Å². The van der Waals surface area contributed by atoms with Gasteiger partial charge in [0.15, 0.2) is 0 Å². The first-order valence-corrected chi connectivity index (χ1v) is 14.1. The SMILES string of the molecule is CC1(C)CC(O)C2(C)CC(O)C3(C)C(=CCC4C5(C)CCC(O)C(C)(CO)C5CC(O)C43C)C2C1. The van der Waals surface area contributed by atoms with E-state index in [1.165, 1.54) is 5.57 Å². The number of allylic oxidation sites excluding steroid dienone is 1. The van der Waals surface area contributed by atoms with Crippen LogP contribution < -0.4 is 0 Å². The summed E-state index contributed by atoms with van der Waals surface area (Å²) in [5, 5.41) is 56.6. The molecule has 5 heteroatoms. The second kappa shape index (κ2) is 7.56. The molecular weight excluding hydrogens is 440 g/mol. The standard InChI is InChI=1S/C30H50O5/c1-25(2)13-18-17-8-9-19-26(3)11-10-21(32)28(5,16-31)20(26)12-22(33)30(19,7)29(17,6)24(35)15-27(18,4)23(34)14-25/h8,18-24,31-35H,9-16H2,1-7H3. The van der Waals surface area contributed by atoms with E-state index < -0.39 is 40.7 Å². The lowest BCUT2D eigenvalue weighted by molar-refractivity contribution is -0.270. The van der Waals surface area contributed by atoms with E-state index in [9.17, 15) is 25.5 Å². The summed E-state index contributed by atoms with van der Waals surface area (Å²) in [4.78, 5) is 0. The molecule has 0 spiro atoms. The Kier molecular flexibility index (Phi) is 5.65. The van der Waals surface area contributed by atoms with Crippen molar-refractivity contribution < 1.29 is 25.5 Å². The zero-order valence-electron chi connectivity index (χ0n) is 23.0. The highest BCUT2D eigenvalue weighted by Gasteiger charge is 2.73. The maximum Gasteiger partial charge on any atom is 0.0643 e. The Bertz CT molecular complexity index is 914. The Hall–Kier alpha value is -0.460. The largest absolute Gasteiger partial charge is 0.396 e. The van der Waals surface area contributed by atoms with E-state index in [-0.39, 0.29) is 40.6 Å². The van der Waals surface area contributed by atoms with Gasteiger partial charge in [0.2, 0.25) is 0 Å². The van der Waals surface area contributed by atoms with Crippen molar-refractivity contribution in [1.82, 2.24) is 0 Å². The topological polar surface area (TPSA) is 101 Å². The summed E-state index contributed by atoms with van der Waals surface area (Å²) in [5.41, 5.74) is -0.995. The Morgan fingerprint density at radius 2 is 1.43 bits per heavy atom. The average molecular weight is 491 g/mol. The molecule has 0 heterocycles. The molecule has 0 aromatic heterocycles. The van der Waals surface area contributed by atoms with Gasteiger partial charge in [0, 0.05) is 21.7 Å². The van der Waals surface area contributed by atoms with Crippen molar-refractivity contribution >= 4 is 0 Å². The highest BCUT2D eigenvalue weighted by Crippen LogP contribution is 2.75. The number of aliphatic hydroxyl groups excluding tert-OH is 5. The molecule has 0 bridgehead atoms. The van der Waals surface area contributed by atoms with E-state index in [2.05, 4.69) is 47.6 Å². The molecule has 4 fully saturated rings. The van der Waals surface area contributed by atoms with E-state index in [1.54, 1.807) is 0 Å². The van der Waals surface area contributed by atoms with Crippen LogP contribution in [0.3, 0.4) is 0 Å². The third-order valence-corrected chi connectivity index (χ3v) is 13.3. The van der Waals surface area contributed by atoms with Crippen LogP contribution in [0.5, 0.6) is 0 Å². The first-order chi connectivity index (χ1) is 16.0. The summed E-state index contributed by atoms with van der Waals surface area (Å²) in [6.07, 6.45) is 5.24. The van der Waals surface area contributed by atoms with Gasteiger partial charge in [0.1, 0.15) is 0 Å². The Balaban J connectivity index is 1.66. The summed E-state index contributed by atoms with van der Waals surface area (Å²) >= 11 is 0. The second-order valence-corrected chi connectivity index (χ2v) is 15.3. The van der Waals surface area contributed by atoms with Crippen molar-refractivity contribution in [2.75, 3.05) is 6.61 Å². The quantitative estimate of drug-likeness (QED) is 0.357. The van der Waals surface area contributed by atoms with Crippen LogP contribution in [-0.2, 0) is 0 Å². The fourth-order valence-electron chi connectivity index (χ4n) is 10.8. The van der Waals surface area contributed by atoms with Gasteiger partial charge in [0.05, 0.1) is 31.0 Å². The minimum absolute atomic E-state index is 0.0109. The number of fused-ring (bicyclic) bond motifs is 7. The van der Waals surface area contributed by atoms with E-state index >= 15 is 0 Å². The molecule has 0 aromatic carbocycles. The summed E-state index contributed by atoms with van der Waals surface area (Å²) in [6, 6.07) is 0. The second-order valence-electron chi connectivity index (χ2n) is 15.3. The lowest BCUT2D eigenvalue weighted by atomic mass is 9.32. The Labute approximate surface area is 212 Å². The van der Waals surface area contributed by atoms with Crippen molar-refractivity contribution in [2.45, 2.75) is 118 Å². The predicted molar refractivity (Wildman–Crippen MR) is 136 cm³/mol. The summed E-state index contributed by atoms with van der Waals surface area (Å²) in [6.45, 7) is 15.3. The molecule has 5 aliphatic carbocycles. The molecular formula is C30H50O5. The third kappa shape index (κ3) is 3.00. The monoisotopic (exact) mass is 490 g/mol. The minimum Gasteiger partial charge on any atom is -0.396 e. The van der Waals surface area contributed by atoms with Crippen molar-refractivity contribution in [2.24, 2.45) is 50.2 Å². The molecule has 12 atom stereocenters. The molecule has 0 aromatic rings. The predicted octanol–water partition coefficient (Wildman–Crippen LogP) is 4.05. The lowest BCUT2D eigenvalue weighted by Crippen LogP contribution is -2.72. The third-order valence-electron chi connectivity index (χ3n) is 13.3. The molecule has 5 nitrogen and oxygen atoms in total. The summed E-state index contributed by atoms with van der Waals surface area (Å²) < 4.78 is 0. The maximum absolute atomic E-state index is 12.0. The first kappa shape index (κ1) is 26.2. The van der Waals surface area contributed by atoms with Crippen molar-refractivity contribution in [3.8, 4) is 0 Å². The van der Waals surface area contributed by atoms with Crippen LogP contribution in [0.1, 0.15) is 93.4 Å². The Morgan fingerprint density at radius 3 is 2.06 bits per heavy atom. The highest BCUT2D eigenvalue weighted by atomic mass is 16.3. The molecule has 5 aliphatic rings. The first-order valence-electron chi connectivity index (χ1n) is 14.1. The molecule has 200 valence electrons. The minimum atomic E-state index is -0.646. The van der Waals surface area contributed by atoms with Crippen LogP contribution >= 0.6 is 0 Å². The van der Waals surface area contributed by atoms with E-state index in [0.29, 0.717) is 19.3 Å². The van der Waals surface area contributed by atoms with E-state index in [1.807, 2.05) is 6.92 Å². The Morgan fingerprint density at radius 1 is 0.771 bits per heavy atom. The lowest BCUT2D eigenvalue weighted by Gasteiger charge is -2.73. The molecule has 5 rings (SSSR count). The van der Waals surface area contributed by atoms with Gasteiger partial charge in [-0.15, -0.1) is 0 Å². The van der Waals surface area contributed by atoms with Crippen LogP contribution in [0.25, 0.3) is 0 Å². The van der Waals surface area contributed by atoms with Crippen LogP contribution in [0, 0.1) is 50.2 Å². The summed E-state index contributed by atoms with van der Waals surface area (Å²) in [7, 11) is 0. The molecule has 0 amide bonds. The zero-order chi connectivity index (χ0) is 26.0. The van der Waals surface area contributed by atoms with Crippen LogP contribution in [0.4, 0.5) is 0 Å². The molecule has 4 saturated carbocycles. The molecule has 5 N–H and O–H groups in total. The number of aliphatic hydroxyl groups is 5. The van der Waals surface area contributed by atoms with Gasteiger partial charge in [-0.05, 0) is 73.5 Å². The average Bonchev–Trinajstić information content (AvgIpc) is 2.76. The van der Waals surface area contributed by atoms with Gasteiger partial charge in [-0.3, -0.25) is 0 Å². The van der Waals surface area contributed by atoms with Crippen molar-refractivity contribution in [1.29, 1.82) is 0 Å². The van der Waals surface area contributed by atoms with Crippen LogP contribution in [0.2, 0.25) is 0 Å². The normalized spacial score (nSPS) is 59.4.